The Morgan fingerprint density at radius 3 is 2.50 bits per heavy atom. The van der Waals surface area contributed by atoms with E-state index >= 15 is 0 Å². The van der Waals surface area contributed by atoms with Crippen molar-refractivity contribution in [1.82, 2.24) is 9.78 Å². The topological polar surface area (TPSA) is 76.8 Å². The third kappa shape index (κ3) is 1.98. The smallest absolute Gasteiger partial charge is 0.278 e. The highest BCUT2D eigenvalue weighted by Gasteiger charge is 2.56. The summed E-state index contributed by atoms with van der Waals surface area (Å²) in [6, 6.07) is 6.52. The molecule has 0 radical (unpaired) electrons. The van der Waals surface area contributed by atoms with Gasteiger partial charge in [0.1, 0.15) is 11.6 Å². The van der Waals surface area contributed by atoms with Gasteiger partial charge in [0, 0.05) is 23.3 Å². The summed E-state index contributed by atoms with van der Waals surface area (Å²) in [6.07, 6.45) is 0.700. The molecule has 0 bridgehead atoms. The van der Waals surface area contributed by atoms with Gasteiger partial charge in [0.2, 0.25) is 12.0 Å². The molecule has 0 N–H and O–H groups in total. The Morgan fingerprint density at radius 1 is 1.17 bits per heavy atom. The Hall–Kier alpha value is -2.67. The number of halogens is 1. The van der Waals surface area contributed by atoms with Crippen LogP contribution in [0, 0.1) is 12.8 Å². The lowest BCUT2D eigenvalue weighted by Gasteiger charge is -2.15. The van der Waals surface area contributed by atoms with Crippen molar-refractivity contribution in [2.75, 3.05) is 4.90 Å². The Bertz CT molecular complexity index is 887. The van der Waals surface area contributed by atoms with Crippen molar-refractivity contribution in [3.8, 4) is 0 Å². The molecule has 24 heavy (non-hydrogen) atoms. The fourth-order valence-electron chi connectivity index (χ4n) is 3.00. The molecule has 4 rings (SSSR count). The largest absolute Gasteiger partial charge is 0.381 e. The number of carbonyl (C=O) groups excluding carboxylic acids is 2. The van der Waals surface area contributed by atoms with E-state index in [0.717, 1.165) is 10.6 Å². The van der Waals surface area contributed by atoms with Gasteiger partial charge in [0.25, 0.3) is 5.91 Å². The first-order valence-corrected chi connectivity index (χ1v) is 7.73. The van der Waals surface area contributed by atoms with E-state index in [0.29, 0.717) is 22.0 Å². The maximum atomic E-state index is 12.9. The molecule has 1 aromatic heterocycles. The first-order chi connectivity index (χ1) is 11.5. The number of aryl methyl sites for hydroxylation is 1. The minimum Gasteiger partial charge on any atom is -0.381 e. The molecule has 0 unspecified atom stereocenters. The molecular formula is C16H13ClN4O3. The van der Waals surface area contributed by atoms with Crippen molar-refractivity contribution in [2.45, 2.75) is 13.0 Å². The van der Waals surface area contributed by atoms with Crippen LogP contribution in [0.15, 0.2) is 35.6 Å². The minimum atomic E-state index is -0.928. The van der Waals surface area contributed by atoms with E-state index in [1.54, 1.807) is 42.2 Å². The standard InChI is InChI=1S/C16H13ClN4O3/c1-8-11(7-18-20(8)2)13-12-14(24-19-13)16(23)21(15(12)22)10-5-3-9(17)4-6-10/h3-7,12,14H,1-2H3/t12-,14+/m1/s1. The van der Waals surface area contributed by atoms with Crippen molar-refractivity contribution >= 4 is 34.8 Å². The fourth-order valence-corrected chi connectivity index (χ4v) is 3.12. The predicted molar refractivity (Wildman–Crippen MR) is 86.8 cm³/mol. The highest BCUT2D eigenvalue weighted by atomic mass is 35.5. The van der Waals surface area contributed by atoms with Gasteiger partial charge in [0.15, 0.2) is 0 Å². The van der Waals surface area contributed by atoms with E-state index in [1.807, 2.05) is 6.92 Å². The third-order valence-electron chi connectivity index (χ3n) is 4.41. The number of hydrogen-bond acceptors (Lipinski definition) is 5. The molecule has 7 nitrogen and oxygen atoms in total. The number of nitrogens with zero attached hydrogens (tertiary/aromatic N) is 4. The lowest BCUT2D eigenvalue weighted by molar-refractivity contribution is -0.126. The van der Waals surface area contributed by atoms with Crippen LogP contribution in [0.1, 0.15) is 11.3 Å². The van der Waals surface area contributed by atoms with Gasteiger partial charge in [-0.3, -0.25) is 14.3 Å². The average molecular weight is 345 g/mol. The molecule has 2 atom stereocenters. The van der Waals surface area contributed by atoms with Crippen LogP contribution in [0.2, 0.25) is 5.02 Å². The third-order valence-corrected chi connectivity index (χ3v) is 4.66. The summed E-state index contributed by atoms with van der Waals surface area (Å²) < 4.78 is 1.68. The van der Waals surface area contributed by atoms with Gasteiger partial charge in [-0.25, -0.2) is 4.90 Å². The van der Waals surface area contributed by atoms with Crippen molar-refractivity contribution in [1.29, 1.82) is 0 Å². The van der Waals surface area contributed by atoms with Crippen LogP contribution in [0.4, 0.5) is 5.69 Å². The molecule has 122 valence electrons. The number of aromatic nitrogens is 2. The monoisotopic (exact) mass is 344 g/mol. The highest BCUT2D eigenvalue weighted by Crippen LogP contribution is 2.35. The second kappa shape index (κ2) is 5.17. The maximum Gasteiger partial charge on any atom is 0.278 e. The van der Waals surface area contributed by atoms with Crippen LogP contribution in [0.3, 0.4) is 0 Å². The van der Waals surface area contributed by atoms with Gasteiger partial charge in [-0.1, -0.05) is 16.8 Å². The molecule has 0 spiro atoms. The first-order valence-electron chi connectivity index (χ1n) is 7.35. The van der Waals surface area contributed by atoms with E-state index in [1.165, 1.54) is 0 Å². The second-order valence-electron chi connectivity index (χ2n) is 5.74. The summed E-state index contributed by atoms with van der Waals surface area (Å²) in [6.45, 7) is 1.87. The Morgan fingerprint density at radius 2 is 1.88 bits per heavy atom. The van der Waals surface area contributed by atoms with Gasteiger partial charge in [-0.05, 0) is 31.2 Å². The number of hydrogen-bond donors (Lipinski definition) is 0. The maximum absolute atomic E-state index is 12.9. The zero-order valence-corrected chi connectivity index (χ0v) is 13.7. The van der Waals surface area contributed by atoms with Gasteiger partial charge >= 0.3 is 0 Å². The molecule has 3 heterocycles. The average Bonchev–Trinajstić information content (AvgIpc) is 3.20. The van der Waals surface area contributed by atoms with E-state index in [2.05, 4.69) is 10.3 Å². The van der Waals surface area contributed by atoms with Crippen molar-refractivity contribution in [3.63, 3.8) is 0 Å². The summed E-state index contributed by atoms with van der Waals surface area (Å²) in [7, 11) is 1.80. The second-order valence-corrected chi connectivity index (χ2v) is 6.17. The predicted octanol–water partition coefficient (Wildman–Crippen LogP) is 1.67. The number of oxime groups is 1. The summed E-state index contributed by atoms with van der Waals surface area (Å²) in [5.41, 5.74) is 2.47. The summed E-state index contributed by atoms with van der Waals surface area (Å²) in [5.74, 6) is -1.53. The van der Waals surface area contributed by atoms with E-state index in [4.69, 9.17) is 16.4 Å². The van der Waals surface area contributed by atoms with Crippen LogP contribution in [-0.2, 0) is 21.5 Å². The zero-order chi connectivity index (χ0) is 17.0. The number of imide groups is 1. The Kier molecular flexibility index (Phi) is 3.21. The molecule has 2 aromatic rings. The van der Waals surface area contributed by atoms with E-state index < -0.39 is 17.9 Å². The zero-order valence-electron chi connectivity index (χ0n) is 12.9. The Labute approximate surface area is 142 Å². The molecular weight excluding hydrogens is 332 g/mol. The number of carbonyl (C=O) groups is 2. The van der Waals surface area contributed by atoms with Crippen LogP contribution >= 0.6 is 11.6 Å². The number of amides is 2. The minimum absolute atomic E-state index is 0.355. The van der Waals surface area contributed by atoms with Gasteiger partial charge < -0.3 is 4.84 Å². The van der Waals surface area contributed by atoms with Crippen LogP contribution in [-0.4, -0.2) is 33.4 Å². The SMILES string of the molecule is Cc1c(C2=NO[C@@H]3C(=O)N(c4ccc(Cl)cc4)C(=O)[C@H]23)cnn1C. The first kappa shape index (κ1) is 14.9. The Balaban J connectivity index is 1.72. The molecule has 1 saturated heterocycles. The summed E-state index contributed by atoms with van der Waals surface area (Å²) in [5, 5.41) is 8.67. The van der Waals surface area contributed by atoms with Crippen LogP contribution in [0.25, 0.3) is 0 Å². The number of rotatable bonds is 2. The van der Waals surface area contributed by atoms with Crippen LogP contribution < -0.4 is 4.90 Å². The number of anilines is 1. The summed E-state index contributed by atoms with van der Waals surface area (Å²) in [4.78, 5) is 31.9. The molecule has 0 aliphatic carbocycles. The normalized spacial score (nSPS) is 22.6. The molecule has 0 saturated carbocycles. The fraction of sp³-hybridized carbons (Fsp3) is 0.250. The molecule has 1 fully saturated rings. The molecule has 8 heteroatoms. The van der Waals surface area contributed by atoms with Crippen molar-refractivity contribution < 1.29 is 14.4 Å². The van der Waals surface area contributed by atoms with Crippen LogP contribution in [0.5, 0.6) is 0 Å². The quantitative estimate of drug-likeness (QED) is 0.777. The van der Waals surface area contributed by atoms with Crippen molar-refractivity contribution in [3.05, 3.63) is 46.7 Å². The van der Waals surface area contributed by atoms with Crippen molar-refractivity contribution in [2.24, 2.45) is 18.1 Å². The highest BCUT2D eigenvalue weighted by molar-refractivity contribution is 6.33. The number of benzene rings is 1. The number of fused-ring (bicyclic) bond motifs is 1. The van der Waals surface area contributed by atoms with E-state index in [9.17, 15) is 9.59 Å². The van der Waals surface area contributed by atoms with Gasteiger partial charge in [0.05, 0.1) is 11.9 Å². The molecule has 2 aliphatic heterocycles. The lowest BCUT2D eigenvalue weighted by atomic mass is 9.94. The molecule has 2 amide bonds. The van der Waals surface area contributed by atoms with E-state index in [-0.39, 0.29) is 5.91 Å². The van der Waals surface area contributed by atoms with Gasteiger partial charge in [-0.2, -0.15) is 5.10 Å². The molecule has 1 aromatic carbocycles. The lowest BCUT2D eigenvalue weighted by Crippen LogP contribution is -2.33. The summed E-state index contributed by atoms with van der Waals surface area (Å²) >= 11 is 5.87. The van der Waals surface area contributed by atoms with Gasteiger partial charge in [-0.15, -0.1) is 0 Å². The molecule has 2 aliphatic rings.